The van der Waals surface area contributed by atoms with Crippen molar-refractivity contribution in [2.24, 2.45) is 11.7 Å². The number of amides is 1. The van der Waals surface area contributed by atoms with Gasteiger partial charge in [-0.1, -0.05) is 17.3 Å². The van der Waals surface area contributed by atoms with Crippen LogP contribution in [-0.2, 0) is 0 Å². The van der Waals surface area contributed by atoms with Gasteiger partial charge in [-0.25, -0.2) is 4.68 Å². The Morgan fingerprint density at radius 1 is 1.43 bits per heavy atom. The smallest absolute Gasteiger partial charge is 0.273 e. The first-order valence-corrected chi connectivity index (χ1v) is 7.59. The van der Waals surface area contributed by atoms with Crippen molar-refractivity contribution in [2.75, 3.05) is 6.54 Å². The summed E-state index contributed by atoms with van der Waals surface area (Å²) in [6.45, 7) is 4.35. The van der Waals surface area contributed by atoms with Crippen molar-refractivity contribution in [1.29, 1.82) is 0 Å². The maximum absolute atomic E-state index is 12.2. The third kappa shape index (κ3) is 3.89. The Morgan fingerprint density at radius 2 is 2.17 bits per heavy atom. The number of nitrogens with one attached hydrogen (secondary N) is 1. The number of halogens is 1. The molecular weight excluding hydrogens is 314 g/mol. The van der Waals surface area contributed by atoms with E-state index in [4.69, 9.17) is 5.73 Å². The Labute approximate surface area is 141 Å². The fourth-order valence-corrected chi connectivity index (χ4v) is 2.53. The average molecular weight is 336 g/mol. The molecule has 23 heavy (non-hydrogen) atoms. The van der Waals surface area contributed by atoms with E-state index in [9.17, 15) is 4.79 Å². The van der Waals surface area contributed by atoms with Gasteiger partial charge < -0.3 is 11.1 Å². The standard InChI is InChI=1S/C16H21N5O.ClH/c1-10-4-3-5-13(8-10)21-11(2)15(19-20-21)16(22)18-9-14(17)12-6-7-12;/h3-5,8,12,14H,6-7,9,17H2,1-2H3,(H,18,22);1H. The monoisotopic (exact) mass is 335 g/mol. The largest absolute Gasteiger partial charge is 0.349 e. The van der Waals surface area contributed by atoms with E-state index in [1.54, 1.807) is 4.68 Å². The van der Waals surface area contributed by atoms with Crippen LogP contribution in [0.2, 0.25) is 0 Å². The van der Waals surface area contributed by atoms with Gasteiger partial charge >= 0.3 is 0 Å². The number of aryl methyl sites for hydroxylation is 1. The first kappa shape index (κ1) is 17.4. The highest BCUT2D eigenvalue weighted by Crippen LogP contribution is 2.31. The number of aromatic nitrogens is 3. The van der Waals surface area contributed by atoms with Crippen LogP contribution in [0.5, 0.6) is 0 Å². The number of nitrogens with zero attached hydrogens (tertiary/aromatic N) is 3. The zero-order chi connectivity index (χ0) is 15.7. The van der Waals surface area contributed by atoms with Crippen LogP contribution in [-0.4, -0.2) is 33.5 Å². The lowest BCUT2D eigenvalue weighted by atomic mass is 10.2. The van der Waals surface area contributed by atoms with Crippen LogP contribution in [0.3, 0.4) is 0 Å². The van der Waals surface area contributed by atoms with Crippen molar-refractivity contribution in [2.45, 2.75) is 32.7 Å². The van der Waals surface area contributed by atoms with E-state index in [1.165, 1.54) is 12.8 Å². The lowest BCUT2D eigenvalue weighted by molar-refractivity contribution is 0.0944. The molecule has 2 aromatic rings. The number of hydrogen-bond acceptors (Lipinski definition) is 4. The fourth-order valence-electron chi connectivity index (χ4n) is 2.53. The number of rotatable bonds is 5. The molecule has 7 heteroatoms. The summed E-state index contributed by atoms with van der Waals surface area (Å²) in [6, 6.07) is 7.96. The Kier molecular flexibility index (Phi) is 5.38. The highest BCUT2D eigenvalue weighted by atomic mass is 35.5. The molecule has 0 aliphatic heterocycles. The van der Waals surface area contributed by atoms with Crippen molar-refractivity contribution in [3.8, 4) is 5.69 Å². The molecule has 0 saturated heterocycles. The van der Waals surface area contributed by atoms with Crippen LogP contribution < -0.4 is 11.1 Å². The fraction of sp³-hybridized carbons (Fsp3) is 0.438. The predicted molar refractivity (Wildman–Crippen MR) is 91.1 cm³/mol. The molecule has 1 aromatic carbocycles. The first-order valence-electron chi connectivity index (χ1n) is 7.59. The topological polar surface area (TPSA) is 85.8 Å². The van der Waals surface area contributed by atoms with E-state index < -0.39 is 0 Å². The third-order valence-corrected chi connectivity index (χ3v) is 4.08. The summed E-state index contributed by atoms with van der Waals surface area (Å²) in [5.41, 5.74) is 9.11. The molecule has 1 saturated carbocycles. The first-order chi connectivity index (χ1) is 10.6. The van der Waals surface area contributed by atoms with Gasteiger partial charge in [0.25, 0.3) is 5.91 Å². The SMILES string of the molecule is Cc1cccc(-n2nnc(C(=O)NCC(N)C3CC3)c2C)c1.Cl. The normalized spacial score (nSPS) is 14.9. The average Bonchev–Trinajstić information content (AvgIpc) is 3.27. The van der Waals surface area contributed by atoms with Crippen LogP contribution in [0.25, 0.3) is 5.69 Å². The minimum absolute atomic E-state index is 0. The van der Waals surface area contributed by atoms with E-state index in [1.807, 2.05) is 38.1 Å². The van der Waals surface area contributed by atoms with Gasteiger partial charge in [-0.2, -0.15) is 0 Å². The van der Waals surface area contributed by atoms with E-state index in [-0.39, 0.29) is 24.4 Å². The van der Waals surface area contributed by atoms with Crippen LogP contribution in [0.1, 0.15) is 34.6 Å². The molecule has 1 amide bonds. The molecular formula is C16H22ClN5O. The summed E-state index contributed by atoms with van der Waals surface area (Å²) in [5.74, 6) is 0.344. The van der Waals surface area contributed by atoms with Crippen molar-refractivity contribution >= 4 is 18.3 Å². The minimum atomic E-state index is -0.215. The van der Waals surface area contributed by atoms with Crippen molar-refractivity contribution in [1.82, 2.24) is 20.3 Å². The molecule has 1 aliphatic carbocycles. The molecule has 1 heterocycles. The van der Waals surface area contributed by atoms with E-state index in [0.717, 1.165) is 16.9 Å². The summed E-state index contributed by atoms with van der Waals surface area (Å²) in [6.07, 6.45) is 2.33. The second-order valence-corrected chi connectivity index (χ2v) is 5.99. The van der Waals surface area contributed by atoms with Gasteiger partial charge in [0.1, 0.15) is 0 Å². The number of carbonyl (C=O) groups excluding carboxylic acids is 1. The molecule has 0 bridgehead atoms. The summed E-state index contributed by atoms with van der Waals surface area (Å²) < 4.78 is 1.68. The lowest BCUT2D eigenvalue weighted by Gasteiger charge is -2.10. The Morgan fingerprint density at radius 3 is 2.83 bits per heavy atom. The van der Waals surface area contributed by atoms with E-state index >= 15 is 0 Å². The third-order valence-electron chi connectivity index (χ3n) is 4.08. The van der Waals surface area contributed by atoms with Crippen LogP contribution >= 0.6 is 12.4 Å². The number of nitrogens with two attached hydrogens (primary N) is 1. The maximum atomic E-state index is 12.2. The molecule has 1 unspecified atom stereocenters. The summed E-state index contributed by atoms with van der Waals surface area (Å²) in [4.78, 5) is 12.2. The van der Waals surface area contributed by atoms with Crippen LogP contribution in [0.4, 0.5) is 0 Å². The molecule has 1 aliphatic rings. The summed E-state index contributed by atoms with van der Waals surface area (Å²) in [7, 11) is 0. The quantitative estimate of drug-likeness (QED) is 0.872. The second-order valence-electron chi connectivity index (χ2n) is 5.99. The van der Waals surface area contributed by atoms with Crippen LogP contribution in [0.15, 0.2) is 24.3 Å². The number of carbonyl (C=O) groups is 1. The van der Waals surface area contributed by atoms with Gasteiger partial charge in [0.2, 0.25) is 0 Å². The summed E-state index contributed by atoms with van der Waals surface area (Å²) in [5, 5.41) is 11.0. The molecule has 1 aromatic heterocycles. The molecule has 124 valence electrons. The Balaban J connectivity index is 0.00000192. The van der Waals surface area contributed by atoms with E-state index in [0.29, 0.717) is 18.2 Å². The molecule has 6 nitrogen and oxygen atoms in total. The van der Waals surface area contributed by atoms with Gasteiger partial charge in [-0.15, -0.1) is 17.5 Å². The molecule has 3 N–H and O–H groups in total. The maximum Gasteiger partial charge on any atom is 0.273 e. The predicted octanol–water partition coefficient (Wildman–Crippen LogP) is 1.77. The van der Waals surface area contributed by atoms with Gasteiger partial charge in [-0.05, 0) is 50.3 Å². The van der Waals surface area contributed by atoms with Gasteiger partial charge in [0.05, 0.1) is 11.4 Å². The molecule has 1 fully saturated rings. The highest BCUT2D eigenvalue weighted by molar-refractivity contribution is 5.93. The Hall–Kier alpha value is -1.92. The molecule has 0 spiro atoms. The van der Waals surface area contributed by atoms with Crippen molar-refractivity contribution in [3.63, 3.8) is 0 Å². The number of benzene rings is 1. The summed E-state index contributed by atoms with van der Waals surface area (Å²) >= 11 is 0. The van der Waals surface area contributed by atoms with Gasteiger partial charge in [0, 0.05) is 12.6 Å². The minimum Gasteiger partial charge on any atom is -0.349 e. The van der Waals surface area contributed by atoms with E-state index in [2.05, 4.69) is 15.6 Å². The van der Waals surface area contributed by atoms with Crippen molar-refractivity contribution in [3.05, 3.63) is 41.2 Å². The Bertz CT molecular complexity index is 696. The van der Waals surface area contributed by atoms with Crippen molar-refractivity contribution < 1.29 is 4.79 Å². The molecule has 0 radical (unpaired) electrons. The van der Waals surface area contributed by atoms with Gasteiger partial charge in [-0.3, -0.25) is 4.79 Å². The second kappa shape index (κ2) is 7.10. The zero-order valence-electron chi connectivity index (χ0n) is 13.3. The number of hydrogen-bond donors (Lipinski definition) is 2. The van der Waals surface area contributed by atoms with Gasteiger partial charge in [0.15, 0.2) is 5.69 Å². The lowest BCUT2D eigenvalue weighted by Crippen LogP contribution is -2.38. The zero-order valence-corrected chi connectivity index (χ0v) is 14.1. The molecule has 1 atom stereocenters. The molecule has 3 rings (SSSR count). The highest BCUT2D eigenvalue weighted by Gasteiger charge is 2.29. The van der Waals surface area contributed by atoms with Crippen LogP contribution in [0, 0.1) is 19.8 Å².